The molecule has 0 saturated heterocycles. The summed E-state index contributed by atoms with van der Waals surface area (Å²) in [4.78, 5) is 22.0. The van der Waals surface area contributed by atoms with Crippen molar-refractivity contribution in [3.05, 3.63) is 29.8 Å². The Labute approximate surface area is 107 Å². The molecule has 1 atom stereocenters. The molecule has 0 bridgehead atoms. The zero-order valence-electron chi connectivity index (χ0n) is 10.9. The molecule has 0 aliphatic carbocycles. The first-order valence-electron chi connectivity index (χ1n) is 5.87. The fraction of sp³-hybridized carbons (Fsp3) is 0.385. The Hall–Kier alpha value is -2.04. The molecule has 3 amide bonds. The van der Waals surface area contributed by atoms with Crippen molar-refractivity contribution in [2.45, 2.75) is 32.7 Å². The van der Waals surface area contributed by atoms with Crippen LogP contribution in [0.5, 0.6) is 0 Å². The smallest absolute Gasteiger partial charge is 0.318 e. The predicted octanol–water partition coefficient (Wildman–Crippen LogP) is 1.81. The SMILES string of the molecule is CC(Nc1ccc(C(C)C)cc1)C(=O)NC(N)=O. The number of amides is 3. The maximum absolute atomic E-state index is 11.5. The highest BCUT2D eigenvalue weighted by Gasteiger charge is 2.13. The van der Waals surface area contributed by atoms with Gasteiger partial charge in [-0.3, -0.25) is 10.1 Å². The van der Waals surface area contributed by atoms with E-state index in [0.29, 0.717) is 5.92 Å². The number of primary amides is 1. The van der Waals surface area contributed by atoms with E-state index in [2.05, 4.69) is 19.2 Å². The molecule has 0 spiro atoms. The van der Waals surface area contributed by atoms with Crippen molar-refractivity contribution < 1.29 is 9.59 Å². The average molecular weight is 249 g/mol. The zero-order chi connectivity index (χ0) is 13.7. The van der Waals surface area contributed by atoms with Crippen LogP contribution < -0.4 is 16.4 Å². The van der Waals surface area contributed by atoms with Crippen LogP contribution in [0.15, 0.2) is 24.3 Å². The van der Waals surface area contributed by atoms with Gasteiger partial charge in [0.1, 0.15) is 6.04 Å². The number of hydrogen-bond donors (Lipinski definition) is 3. The number of rotatable bonds is 4. The summed E-state index contributed by atoms with van der Waals surface area (Å²) in [7, 11) is 0. The third-order valence-corrected chi connectivity index (χ3v) is 2.60. The van der Waals surface area contributed by atoms with Gasteiger partial charge in [0.05, 0.1) is 0 Å². The lowest BCUT2D eigenvalue weighted by molar-refractivity contribution is -0.120. The van der Waals surface area contributed by atoms with Crippen molar-refractivity contribution in [2.75, 3.05) is 5.32 Å². The second-order valence-electron chi connectivity index (χ2n) is 4.50. The van der Waals surface area contributed by atoms with Gasteiger partial charge < -0.3 is 11.1 Å². The van der Waals surface area contributed by atoms with Crippen LogP contribution in [-0.2, 0) is 4.79 Å². The Kier molecular flexibility index (Phi) is 4.71. The highest BCUT2D eigenvalue weighted by molar-refractivity contribution is 5.97. The molecule has 18 heavy (non-hydrogen) atoms. The van der Waals surface area contributed by atoms with Crippen LogP contribution in [0.25, 0.3) is 0 Å². The lowest BCUT2D eigenvalue weighted by atomic mass is 10.0. The Balaban J connectivity index is 2.61. The summed E-state index contributed by atoms with van der Waals surface area (Å²) in [5.41, 5.74) is 6.94. The molecule has 1 rings (SSSR count). The summed E-state index contributed by atoms with van der Waals surface area (Å²) in [6.45, 7) is 5.89. The molecule has 4 N–H and O–H groups in total. The lowest BCUT2D eigenvalue weighted by Gasteiger charge is -2.14. The Morgan fingerprint density at radius 2 is 1.67 bits per heavy atom. The topological polar surface area (TPSA) is 84.2 Å². The number of nitrogens with one attached hydrogen (secondary N) is 2. The highest BCUT2D eigenvalue weighted by Crippen LogP contribution is 2.17. The van der Waals surface area contributed by atoms with Crippen LogP contribution in [-0.4, -0.2) is 18.0 Å². The van der Waals surface area contributed by atoms with Crippen LogP contribution >= 0.6 is 0 Å². The first-order valence-corrected chi connectivity index (χ1v) is 5.87. The minimum Gasteiger partial charge on any atom is -0.374 e. The van der Waals surface area contributed by atoms with Gasteiger partial charge in [0.2, 0.25) is 5.91 Å². The highest BCUT2D eigenvalue weighted by atomic mass is 16.2. The van der Waals surface area contributed by atoms with Crippen LogP contribution in [0.3, 0.4) is 0 Å². The van der Waals surface area contributed by atoms with Gasteiger partial charge in [-0.15, -0.1) is 0 Å². The van der Waals surface area contributed by atoms with Crippen molar-refractivity contribution in [1.82, 2.24) is 5.32 Å². The predicted molar refractivity (Wildman–Crippen MR) is 71.3 cm³/mol. The largest absolute Gasteiger partial charge is 0.374 e. The van der Waals surface area contributed by atoms with Gasteiger partial charge in [-0.05, 0) is 30.5 Å². The standard InChI is InChI=1S/C13H19N3O2/c1-8(2)10-4-6-11(7-5-10)15-9(3)12(17)16-13(14)18/h4-9,15H,1-3H3,(H3,14,16,17,18). The van der Waals surface area contributed by atoms with E-state index in [0.717, 1.165) is 5.69 Å². The molecule has 0 fully saturated rings. The van der Waals surface area contributed by atoms with Crippen molar-refractivity contribution in [3.63, 3.8) is 0 Å². The van der Waals surface area contributed by atoms with Gasteiger partial charge in [-0.2, -0.15) is 0 Å². The first-order chi connectivity index (χ1) is 8.40. The Morgan fingerprint density at radius 1 is 1.11 bits per heavy atom. The van der Waals surface area contributed by atoms with E-state index in [-0.39, 0.29) is 0 Å². The van der Waals surface area contributed by atoms with Crippen molar-refractivity contribution >= 4 is 17.6 Å². The summed E-state index contributed by atoms with van der Waals surface area (Å²) in [6.07, 6.45) is 0. The van der Waals surface area contributed by atoms with E-state index < -0.39 is 18.0 Å². The Morgan fingerprint density at radius 3 is 2.11 bits per heavy atom. The number of hydrogen-bond acceptors (Lipinski definition) is 3. The van der Waals surface area contributed by atoms with Gasteiger partial charge in [0.25, 0.3) is 0 Å². The normalized spacial score (nSPS) is 12.0. The number of benzene rings is 1. The molecule has 5 nitrogen and oxygen atoms in total. The number of nitrogens with two attached hydrogens (primary N) is 1. The molecular formula is C13H19N3O2. The van der Waals surface area contributed by atoms with Gasteiger partial charge in [0.15, 0.2) is 0 Å². The van der Waals surface area contributed by atoms with E-state index in [1.54, 1.807) is 6.92 Å². The van der Waals surface area contributed by atoms with Gasteiger partial charge >= 0.3 is 6.03 Å². The maximum atomic E-state index is 11.5. The molecule has 1 aromatic carbocycles. The second-order valence-corrected chi connectivity index (χ2v) is 4.50. The average Bonchev–Trinajstić information content (AvgIpc) is 2.28. The monoisotopic (exact) mass is 249 g/mol. The van der Waals surface area contributed by atoms with Crippen LogP contribution in [0.4, 0.5) is 10.5 Å². The number of urea groups is 1. The molecule has 0 aliphatic rings. The molecule has 0 heterocycles. The third kappa shape index (κ3) is 4.08. The molecule has 0 radical (unpaired) electrons. The number of anilines is 1. The summed E-state index contributed by atoms with van der Waals surface area (Å²) in [5, 5.41) is 5.02. The zero-order valence-corrected chi connectivity index (χ0v) is 10.9. The number of carbonyl (C=O) groups excluding carboxylic acids is 2. The molecule has 1 unspecified atom stereocenters. The van der Waals surface area contributed by atoms with Crippen LogP contribution in [0.1, 0.15) is 32.3 Å². The molecule has 1 aromatic rings. The number of carbonyl (C=O) groups is 2. The molecule has 0 aromatic heterocycles. The van der Waals surface area contributed by atoms with Crippen LogP contribution in [0.2, 0.25) is 0 Å². The quantitative estimate of drug-likeness (QED) is 0.760. The lowest BCUT2D eigenvalue weighted by Crippen LogP contribution is -2.43. The molecule has 98 valence electrons. The molecule has 0 aliphatic heterocycles. The van der Waals surface area contributed by atoms with Crippen molar-refractivity contribution in [2.24, 2.45) is 5.73 Å². The fourth-order valence-electron chi connectivity index (χ4n) is 1.51. The van der Waals surface area contributed by atoms with Gasteiger partial charge in [-0.1, -0.05) is 26.0 Å². The fourth-order valence-corrected chi connectivity index (χ4v) is 1.51. The van der Waals surface area contributed by atoms with E-state index in [9.17, 15) is 9.59 Å². The van der Waals surface area contributed by atoms with Gasteiger partial charge in [0, 0.05) is 5.69 Å². The summed E-state index contributed by atoms with van der Waals surface area (Å²) >= 11 is 0. The summed E-state index contributed by atoms with van der Waals surface area (Å²) in [5.74, 6) is 0.0186. The number of imide groups is 1. The van der Waals surface area contributed by atoms with E-state index >= 15 is 0 Å². The van der Waals surface area contributed by atoms with E-state index in [4.69, 9.17) is 5.73 Å². The third-order valence-electron chi connectivity index (χ3n) is 2.60. The van der Waals surface area contributed by atoms with Gasteiger partial charge in [-0.25, -0.2) is 4.79 Å². The van der Waals surface area contributed by atoms with E-state index in [1.807, 2.05) is 29.6 Å². The minimum atomic E-state index is -0.844. The molecular weight excluding hydrogens is 230 g/mol. The molecule has 5 heteroatoms. The minimum absolute atomic E-state index is 0.449. The van der Waals surface area contributed by atoms with Crippen LogP contribution in [0, 0.1) is 0 Å². The molecule has 0 saturated carbocycles. The Bertz CT molecular complexity index is 426. The first kappa shape index (κ1) is 14.0. The van der Waals surface area contributed by atoms with E-state index in [1.165, 1.54) is 5.56 Å². The summed E-state index contributed by atoms with van der Waals surface area (Å²) < 4.78 is 0. The van der Waals surface area contributed by atoms with Crippen molar-refractivity contribution in [1.29, 1.82) is 0 Å². The maximum Gasteiger partial charge on any atom is 0.318 e. The summed E-state index contributed by atoms with van der Waals surface area (Å²) in [6, 6.07) is 6.45. The second kappa shape index (κ2) is 6.05. The van der Waals surface area contributed by atoms with Crippen molar-refractivity contribution in [3.8, 4) is 0 Å².